The summed E-state index contributed by atoms with van der Waals surface area (Å²) in [4.78, 5) is 12.3. The van der Waals surface area contributed by atoms with Gasteiger partial charge in [0, 0.05) is 24.7 Å². The molecule has 0 saturated carbocycles. The topological polar surface area (TPSA) is 43.3 Å². The number of benzene rings is 2. The number of para-hydroxylation sites is 3. The molecule has 0 unspecified atom stereocenters. The largest absolute Gasteiger partial charge is 0.491 e. The number of fused-ring (bicyclic) bond motifs is 1. The second-order valence-electron chi connectivity index (χ2n) is 5.71. The predicted molar refractivity (Wildman–Crippen MR) is 97.4 cm³/mol. The second-order valence-corrected chi connectivity index (χ2v) is 5.71. The molecular formula is C20H22N2O2. The number of hydrogen-bond donors (Lipinski definition) is 1. The van der Waals surface area contributed by atoms with E-state index >= 15 is 0 Å². The van der Waals surface area contributed by atoms with Gasteiger partial charge in [0.05, 0.1) is 12.3 Å². The quantitative estimate of drug-likeness (QED) is 0.698. The van der Waals surface area contributed by atoms with E-state index in [-0.39, 0.29) is 5.91 Å². The molecule has 1 heterocycles. The monoisotopic (exact) mass is 322 g/mol. The number of ether oxygens (including phenoxy) is 1. The first-order chi connectivity index (χ1) is 11.8. The van der Waals surface area contributed by atoms with Crippen LogP contribution in [0.5, 0.6) is 5.75 Å². The Hall–Kier alpha value is -2.75. The SMILES string of the molecule is CCCOc1ccccc1NC(=O)CCn1ccc2ccccc21. The molecule has 4 nitrogen and oxygen atoms in total. The molecule has 0 bridgehead atoms. The Morgan fingerprint density at radius 3 is 2.75 bits per heavy atom. The van der Waals surface area contributed by atoms with Gasteiger partial charge < -0.3 is 14.6 Å². The molecule has 124 valence electrons. The van der Waals surface area contributed by atoms with Crippen molar-refractivity contribution in [1.82, 2.24) is 4.57 Å². The smallest absolute Gasteiger partial charge is 0.226 e. The predicted octanol–water partition coefficient (Wildman–Crippen LogP) is 4.46. The van der Waals surface area contributed by atoms with Gasteiger partial charge >= 0.3 is 0 Å². The van der Waals surface area contributed by atoms with Gasteiger partial charge in [-0.3, -0.25) is 4.79 Å². The highest BCUT2D eigenvalue weighted by atomic mass is 16.5. The standard InChI is InChI=1S/C20H22N2O2/c1-2-15-24-19-10-6-4-8-17(19)21-20(23)12-14-22-13-11-16-7-3-5-9-18(16)22/h3-11,13H,2,12,14-15H2,1H3,(H,21,23). The zero-order valence-electron chi connectivity index (χ0n) is 13.9. The van der Waals surface area contributed by atoms with Crippen molar-refractivity contribution in [3.63, 3.8) is 0 Å². The molecule has 2 aromatic carbocycles. The van der Waals surface area contributed by atoms with Crippen molar-refractivity contribution in [2.24, 2.45) is 0 Å². The summed E-state index contributed by atoms with van der Waals surface area (Å²) < 4.78 is 7.78. The first kappa shape index (κ1) is 16.1. The molecule has 0 radical (unpaired) electrons. The highest BCUT2D eigenvalue weighted by molar-refractivity contribution is 5.92. The minimum atomic E-state index is -0.0136. The minimum Gasteiger partial charge on any atom is -0.491 e. The summed E-state index contributed by atoms with van der Waals surface area (Å²) in [6.07, 6.45) is 3.38. The van der Waals surface area contributed by atoms with Crippen LogP contribution >= 0.6 is 0 Å². The van der Waals surface area contributed by atoms with E-state index in [9.17, 15) is 4.79 Å². The molecule has 0 aliphatic heterocycles. The number of aromatic nitrogens is 1. The first-order valence-corrected chi connectivity index (χ1v) is 8.33. The Morgan fingerprint density at radius 1 is 1.08 bits per heavy atom. The fourth-order valence-electron chi connectivity index (χ4n) is 2.68. The Kier molecular flexibility index (Phi) is 5.16. The van der Waals surface area contributed by atoms with Gasteiger partial charge in [0.25, 0.3) is 0 Å². The molecule has 0 saturated heterocycles. The van der Waals surface area contributed by atoms with Gasteiger partial charge in [-0.15, -0.1) is 0 Å². The molecule has 24 heavy (non-hydrogen) atoms. The minimum absolute atomic E-state index is 0.0136. The lowest BCUT2D eigenvalue weighted by Gasteiger charge is -2.12. The normalized spacial score (nSPS) is 10.7. The van der Waals surface area contributed by atoms with E-state index in [1.54, 1.807) is 0 Å². The average molecular weight is 322 g/mol. The molecule has 0 spiro atoms. The highest BCUT2D eigenvalue weighted by Crippen LogP contribution is 2.24. The number of anilines is 1. The number of rotatable bonds is 7. The van der Waals surface area contributed by atoms with E-state index in [4.69, 9.17) is 4.74 Å². The number of carbonyl (C=O) groups is 1. The summed E-state index contributed by atoms with van der Waals surface area (Å²) in [5.74, 6) is 0.708. The van der Waals surface area contributed by atoms with Gasteiger partial charge in [0.15, 0.2) is 0 Å². The lowest BCUT2D eigenvalue weighted by molar-refractivity contribution is -0.116. The van der Waals surface area contributed by atoms with E-state index in [1.165, 1.54) is 5.39 Å². The number of nitrogens with one attached hydrogen (secondary N) is 1. The maximum atomic E-state index is 12.3. The number of hydrogen-bond acceptors (Lipinski definition) is 2. The summed E-state index contributed by atoms with van der Waals surface area (Å²) >= 11 is 0. The number of amides is 1. The molecule has 3 rings (SSSR count). The van der Waals surface area contributed by atoms with Crippen molar-refractivity contribution in [2.75, 3.05) is 11.9 Å². The van der Waals surface area contributed by atoms with Gasteiger partial charge in [-0.1, -0.05) is 37.3 Å². The van der Waals surface area contributed by atoms with Crippen molar-refractivity contribution in [3.05, 3.63) is 60.8 Å². The van der Waals surface area contributed by atoms with E-state index in [0.29, 0.717) is 19.6 Å². The van der Waals surface area contributed by atoms with E-state index < -0.39 is 0 Å². The fraction of sp³-hybridized carbons (Fsp3) is 0.250. The molecule has 0 atom stereocenters. The summed E-state index contributed by atoms with van der Waals surface area (Å²) in [7, 11) is 0. The third kappa shape index (κ3) is 3.77. The lowest BCUT2D eigenvalue weighted by atomic mass is 10.2. The van der Waals surface area contributed by atoms with Gasteiger partial charge in [0.2, 0.25) is 5.91 Å². The van der Waals surface area contributed by atoms with Crippen LogP contribution in [0.2, 0.25) is 0 Å². The van der Waals surface area contributed by atoms with Gasteiger partial charge in [-0.25, -0.2) is 0 Å². The van der Waals surface area contributed by atoms with Crippen LogP contribution in [0.15, 0.2) is 60.8 Å². The molecule has 0 aliphatic carbocycles. The third-order valence-electron chi connectivity index (χ3n) is 3.88. The van der Waals surface area contributed by atoms with Crippen LogP contribution in [-0.2, 0) is 11.3 Å². The average Bonchev–Trinajstić information content (AvgIpc) is 3.02. The van der Waals surface area contributed by atoms with Gasteiger partial charge in [0.1, 0.15) is 5.75 Å². The van der Waals surface area contributed by atoms with Crippen molar-refractivity contribution in [1.29, 1.82) is 0 Å². The third-order valence-corrected chi connectivity index (χ3v) is 3.88. The fourth-order valence-corrected chi connectivity index (χ4v) is 2.68. The van der Waals surface area contributed by atoms with Crippen molar-refractivity contribution >= 4 is 22.5 Å². The van der Waals surface area contributed by atoms with E-state index in [0.717, 1.165) is 23.4 Å². The molecule has 3 aromatic rings. The van der Waals surface area contributed by atoms with Gasteiger partial charge in [-0.05, 0) is 36.1 Å². The Morgan fingerprint density at radius 2 is 1.88 bits per heavy atom. The van der Waals surface area contributed by atoms with Crippen LogP contribution in [-0.4, -0.2) is 17.1 Å². The molecule has 0 aliphatic rings. The van der Waals surface area contributed by atoms with Crippen molar-refractivity contribution in [3.8, 4) is 5.75 Å². The van der Waals surface area contributed by atoms with Crippen LogP contribution in [0.25, 0.3) is 10.9 Å². The highest BCUT2D eigenvalue weighted by Gasteiger charge is 2.08. The van der Waals surface area contributed by atoms with Crippen LogP contribution in [0, 0.1) is 0 Å². The van der Waals surface area contributed by atoms with Gasteiger partial charge in [-0.2, -0.15) is 0 Å². The van der Waals surface area contributed by atoms with Crippen molar-refractivity contribution in [2.45, 2.75) is 26.3 Å². The zero-order chi connectivity index (χ0) is 16.8. The molecular weight excluding hydrogens is 300 g/mol. The molecule has 4 heteroatoms. The summed E-state index contributed by atoms with van der Waals surface area (Å²) in [6, 6.07) is 17.8. The zero-order valence-corrected chi connectivity index (χ0v) is 13.9. The first-order valence-electron chi connectivity index (χ1n) is 8.33. The second kappa shape index (κ2) is 7.68. The molecule has 1 aromatic heterocycles. The maximum Gasteiger partial charge on any atom is 0.226 e. The van der Waals surface area contributed by atoms with E-state index in [1.807, 2.05) is 42.6 Å². The summed E-state index contributed by atoms with van der Waals surface area (Å²) in [5, 5.41) is 4.14. The van der Waals surface area contributed by atoms with Crippen LogP contribution in [0.3, 0.4) is 0 Å². The number of aryl methyl sites for hydroxylation is 1. The Balaban J connectivity index is 1.62. The summed E-state index contributed by atoms with van der Waals surface area (Å²) in [6.45, 7) is 3.35. The molecule has 1 amide bonds. The van der Waals surface area contributed by atoms with E-state index in [2.05, 4.69) is 35.0 Å². The van der Waals surface area contributed by atoms with Crippen LogP contribution in [0.4, 0.5) is 5.69 Å². The number of nitrogens with zero attached hydrogens (tertiary/aromatic N) is 1. The maximum absolute atomic E-state index is 12.3. The molecule has 1 N–H and O–H groups in total. The summed E-state index contributed by atoms with van der Waals surface area (Å²) in [5.41, 5.74) is 1.88. The Bertz CT molecular complexity index is 823. The Labute approximate surface area is 142 Å². The van der Waals surface area contributed by atoms with Crippen LogP contribution in [0.1, 0.15) is 19.8 Å². The molecule has 0 fully saturated rings. The van der Waals surface area contributed by atoms with Crippen LogP contribution < -0.4 is 10.1 Å². The number of carbonyl (C=O) groups excluding carboxylic acids is 1. The lowest BCUT2D eigenvalue weighted by Crippen LogP contribution is -2.15. The van der Waals surface area contributed by atoms with Crippen molar-refractivity contribution < 1.29 is 9.53 Å².